The molecular weight excluding hydrogens is 419 g/mol. The Hall–Kier alpha value is -2.60. The van der Waals surface area contributed by atoms with Gasteiger partial charge in [0.25, 0.3) is 0 Å². The SMILES string of the molecule is CC1=NN=C(c2nnc(SCC(=O)Nc3ccc(Cl)cc3C(F)(F)F)n2N)C1. The number of rotatable bonds is 5. The monoisotopic (exact) mass is 431 g/mol. The number of halogens is 4. The Morgan fingerprint density at radius 2 is 2.11 bits per heavy atom. The topological polar surface area (TPSA) is 111 Å². The summed E-state index contributed by atoms with van der Waals surface area (Å²) in [7, 11) is 0. The number of nitrogens with two attached hydrogens (primary N) is 1. The van der Waals surface area contributed by atoms with E-state index in [0.29, 0.717) is 18.0 Å². The van der Waals surface area contributed by atoms with Crippen LogP contribution in [0.5, 0.6) is 0 Å². The Balaban J connectivity index is 1.65. The van der Waals surface area contributed by atoms with Crippen molar-refractivity contribution in [1.29, 1.82) is 0 Å². The van der Waals surface area contributed by atoms with Crippen LogP contribution < -0.4 is 11.2 Å². The molecule has 0 spiro atoms. The number of thioether (sulfide) groups is 1. The lowest BCUT2D eigenvalue weighted by atomic mass is 10.1. The van der Waals surface area contributed by atoms with Crippen LogP contribution in [0.2, 0.25) is 5.02 Å². The van der Waals surface area contributed by atoms with Crippen LogP contribution >= 0.6 is 23.4 Å². The number of benzene rings is 1. The van der Waals surface area contributed by atoms with E-state index in [1.165, 1.54) is 6.07 Å². The van der Waals surface area contributed by atoms with E-state index in [1.54, 1.807) is 6.92 Å². The smallest absolute Gasteiger partial charge is 0.335 e. The van der Waals surface area contributed by atoms with Crippen molar-refractivity contribution in [1.82, 2.24) is 14.9 Å². The number of aromatic nitrogens is 3. The molecule has 0 bridgehead atoms. The molecule has 1 aliphatic heterocycles. The molecule has 0 saturated heterocycles. The quantitative estimate of drug-likeness (QED) is 0.558. The van der Waals surface area contributed by atoms with Crippen LogP contribution in [0.4, 0.5) is 18.9 Å². The molecule has 1 aliphatic rings. The van der Waals surface area contributed by atoms with Crippen molar-refractivity contribution in [3.8, 4) is 0 Å². The molecule has 0 fully saturated rings. The predicted octanol–water partition coefficient (Wildman–Crippen LogP) is 2.96. The largest absolute Gasteiger partial charge is 0.418 e. The number of amides is 1. The molecule has 3 N–H and O–H groups in total. The highest BCUT2D eigenvalue weighted by molar-refractivity contribution is 7.99. The zero-order valence-electron chi connectivity index (χ0n) is 14.3. The summed E-state index contributed by atoms with van der Waals surface area (Å²) in [5, 5.41) is 18.0. The minimum absolute atomic E-state index is 0.0856. The van der Waals surface area contributed by atoms with E-state index in [-0.39, 0.29) is 21.6 Å². The molecular formula is C15H13ClF3N7OS. The van der Waals surface area contributed by atoms with Crippen molar-refractivity contribution in [2.45, 2.75) is 24.7 Å². The maximum Gasteiger partial charge on any atom is 0.418 e. The summed E-state index contributed by atoms with van der Waals surface area (Å²) < 4.78 is 40.4. The lowest BCUT2D eigenvalue weighted by Crippen LogP contribution is -2.20. The average Bonchev–Trinajstić information content (AvgIpc) is 3.19. The van der Waals surface area contributed by atoms with Gasteiger partial charge in [0, 0.05) is 17.2 Å². The van der Waals surface area contributed by atoms with Crippen molar-refractivity contribution in [2.75, 3.05) is 16.9 Å². The van der Waals surface area contributed by atoms with Gasteiger partial charge in [0.1, 0.15) is 5.71 Å². The number of hydrogen-bond acceptors (Lipinski definition) is 7. The van der Waals surface area contributed by atoms with E-state index in [4.69, 9.17) is 17.4 Å². The first-order valence-electron chi connectivity index (χ1n) is 7.75. The second-order valence-corrected chi connectivity index (χ2v) is 7.14. The van der Waals surface area contributed by atoms with Gasteiger partial charge < -0.3 is 11.2 Å². The number of carbonyl (C=O) groups is 1. The van der Waals surface area contributed by atoms with Crippen molar-refractivity contribution in [2.24, 2.45) is 10.2 Å². The number of hydrogen-bond donors (Lipinski definition) is 2. The van der Waals surface area contributed by atoms with Gasteiger partial charge in [0.15, 0.2) is 5.82 Å². The van der Waals surface area contributed by atoms with Crippen LogP contribution in [0.1, 0.15) is 24.7 Å². The van der Waals surface area contributed by atoms with E-state index in [2.05, 4.69) is 25.7 Å². The minimum atomic E-state index is -4.66. The van der Waals surface area contributed by atoms with Gasteiger partial charge in [-0.15, -0.1) is 10.2 Å². The van der Waals surface area contributed by atoms with Crippen molar-refractivity contribution in [3.05, 3.63) is 34.6 Å². The molecule has 0 radical (unpaired) electrons. The van der Waals surface area contributed by atoms with E-state index in [1.807, 2.05) is 0 Å². The van der Waals surface area contributed by atoms with Crippen LogP contribution in [-0.2, 0) is 11.0 Å². The van der Waals surface area contributed by atoms with Gasteiger partial charge >= 0.3 is 6.18 Å². The van der Waals surface area contributed by atoms with Crippen LogP contribution in [0.25, 0.3) is 0 Å². The number of alkyl halides is 3. The standard InChI is InChI=1S/C15H13ClF3N7OS/c1-7-4-11(23-22-7)13-24-25-14(26(13)20)28-6-12(27)21-10-3-2-8(16)5-9(10)15(17,18)19/h2-3,5H,4,6,20H2,1H3,(H,21,27). The first kappa shape index (κ1) is 20.1. The van der Waals surface area contributed by atoms with Crippen molar-refractivity contribution < 1.29 is 18.0 Å². The Morgan fingerprint density at radius 1 is 1.36 bits per heavy atom. The highest BCUT2D eigenvalue weighted by atomic mass is 35.5. The molecule has 2 heterocycles. The molecule has 0 atom stereocenters. The van der Waals surface area contributed by atoms with Crippen molar-refractivity contribution >= 4 is 46.4 Å². The van der Waals surface area contributed by atoms with E-state index < -0.39 is 17.6 Å². The minimum Gasteiger partial charge on any atom is -0.335 e. The fraction of sp³-hybridized carbons (Fsp3) is 0.267. The van der Waals surface area contributed by atoms with Gasteiger partial charge in [-0.2, -0.15) is 23.4 Å². The Bertz CT molecular complexity index is 986. The second-order valence-electron chi connectivity index (χ2n) is 5.76. The highest BCUT2D eigenvalue weighted by Gasteiger charge is 2.34. The number of nitrogen functional groups attached to an aromatic ring is 1. The summed E-state index contributed by atoms with van der Waals surface area (Å²) in [6.07, 6.45) is -4.17. The maximum absolute atomic E-state index is 13.1. The first-order valence-corrected chi connectivity index (χ1v) is 9.11. The van der Waals surface area contributed by atoms with Gasteiger partial charge in [-0.1, -0.05) is 23.4 Å². The lowest BCUT2D eigenvalue weighted by Gasteiger charge is -2.14. The molecule has 3 rings (SSSR count). The highest BCUT2D eigenvalue weighted by Crippen LogP contribution is 2.36. The van der Waals surface area contributed by atoms with E-state index in [0.717, 1.165) is 34.3 Å². The molecule has 8 nitrogen and oxygen atoms in total. The molecule has 0 unspecified atom stereocenters. The Kier molecular flexibility index (Phi) is 5.61. The van der Waals surface area contributed by atoms with Crippen LogP contribution in [-0.4, -0.2) is 38.0 Å². The molecule has 1 amide bonds. The zero-order chi connectivity index (χ0) is 20.5. The van der Waals surface area contributed by atoms with Crippen LogP contribution in [0.15, 0.2) is 33.6 Å². The molecule has 0 saturated carbocycles. The number of carbonyl (C=O) groups excluding carboxylic acids is 1. The number of nitrogens with zero attached hydrogens (tertiary/aromatic N) is 5. The summed E-state index contributed by atoms with van der Waals surface area (Å²) in [5.74, 6) is 5.32. The third kappa shape index (κ3) is 4.44. The second kappa shape index (κ2) is 7.80. The molecule has 1 aromatic heterocycles. The van der Waals surface area contributed by atoms with Gasteiger partial charge in [-0.25, -0.2) is 4.68 Å². The molecule has 1 aromatic carbocycles. The summed E-state index contributed by atoms with van der Waals surface area (Å²) in [4.78, 5) is 12.1. The molecule has 0 aliphatic carbocycles. The summed E-state index contributed by atoms with van der Waals surface area (Å²) in [6, 6.07) is 3.10. The number of nitrogens with one attached hydrogen (secondary N) is 1. The Labute approximate surface area is 166 Å². The number of anilines is 1. The fourth-order valence-electron chi connectivity index (χ4n) is 2.33. The zero-order valence-corrected chi connectivity index (χ0v) is 15.9. The fourth-order valence-corrected chi connectivity index (χ4v) is 3.16. The molecule has 28 heavy (non-hydrogen) atoms. The molecule has 2 aromatic rings. The lowest BCUT2D eigenvalue weighted by molar-refractivity contribution is -0.137. The van der Waals surface area contributed by atoms with Crippen molar-refractivity contribution in [3.63, 3.8) is 0 Å². The van der Waals surface area contributed by atoms with Gasteiger partial charge in [-0.3, -0.25) is 4.79 Å². The first-order chi connectivity index (χ1) is 13.1. The van der Waals surface area contributed by atoms with Gasteiger partial charge in [0.05, 0.1) is 17.0 Å². The van der Waals surface area contributed by atoms with E-state index >= 15 is 0 Å². The summed E-state index contributed by atoms with van der Waals surface area (Å²) in [6.45, 7) is 1.81. The molecule has 148 valence electrons. The predicted molar refractivity (Wildman–Crippen MR) is 100 cm³/mol. The third-order valence-corrected chi connectivity index (χ3v) is 4.76. The van der Waals surface area contributed by atoms with Crippen LogP contribution in [0, 0.1) is 0 Å². The summed E-state index contributed by atoms with van der Waals surface area (Å²) >= 11 is 6.54. The average molecular weight is 432 g/mol. The third-order valence-electron chi connectivity index (χ3n) is 3.58. The normalized spacial score (nSPS) is 14.0. The maximum atomic E-state index is 13.1. The Morgan fingerprint density at radius 3 is 2.75 bits per heavy atom. The van der Waals surface area contributed by atoms with Gasteiger partial charge in [-0.05, 0) is 25.1 Å². The van der Waals surface area contributed by atoms with E-state index in [9.17, 15) is 18.0 Å². The van der Waals surface area contributed by atoms with Gasteiger partial charge in [0.2, 0.25) is 11.1 Å². The summed E-state index contributed by atoms with van der Waals surface area (Å²) in [5.41, 5.74) is -0.0719. The molecule has 13 heteroatoms. The van der Waals surface area contributed by atoms with Crippen LogP contribution in [0.3, 0.4) is 0 Å².